The molecule has 1 rings (SSSR count). The number of thiocarbonyl (C=S) groups is 1. The Labute approximate surface area is 80.1 Å². The van der Waals surface area contributed by atoms with E-state index in [4.69, 9.17) is 5.73 Å². The lowest BCUT2D eigenvalue weighted by Crippen LogP contribution is -2.01. The van der Waals surface area contributed by atoms with Gasteiger partial charge in [0.2, 0.25) is 0 Å². The predicted octanol–water partition coefficient (Wildman–Crippen LogP) is 2.30. The molecule has 0 radical (unpaired) electrons. The van der Waals surface area contributed by atoms with Crippen molar-refractivity contribution in [1.82, 2.24) is 0 Å². The van der Waals surface area contributed by atoms with E-state index in [1.807, 2.05) is 0 Å². The first-order valence-electron chi connectivity index (χ1n) is 3.35. The molecule has 0 atom stereocenters. The van der Waals surface area contributed by atoms with Crippen LogP contribution in [0.25, 0.3) is 0 Å². The topological polar surface area (TPSA) is 26.0 Å². The summed E-state index contributed by atoms with van der Waals surface area (Å²) in [5, 5.41) is 0. The molecule has 0 saturated heterocycles. The number of nitrogens with two attached hydrogens (primary N) is 1. The fourth-order valence-corrected chi connectivity index (χ4v) is 1.41. The molecule has 1 nitrogen and oxygen atoms in total. The van der Waals surface area contributed by atoms with Crippen molar-refractivity contribution in [2.75, 3.05) is 0 Å². The number of halogens is 1. The molecule has 12 heavy (non-hydrogen) atoms. The van der Waals surface area contributed by atoms with Gasteiger partial charge in [-0.1, -0.05) is 36.1 Å². The second kappa shape index (κ2) is 4.42. The van der Waals surface area contributed by atoms with Crippen LogP contribution in [0.15, 0.2) is 24.3 Å². The Kier molecular flexibility index (Phi) is 3.49. The third-order valence-electron chi connectivity index (χ3n) is 1.29. The standard InChI is InChI=1S/C8H8FNS2/c9-7-3-1-6(2-4-7)5-12-8(10)11/h1-4H,5H2,(H2,10,11). The fraction of sp³-hybridized carbons (Fsp3) is 0.125. The summed E-state index contributed by atoms with van der Waals surface area (Å²) < 4.78 is 12.8. The maximum atomic E-state index is 12.4. The molecule has 64 valence electrons. The molecule has 0 spiro atoms. The van der Waals surface area contributed by atoms with E-state index in [2.05, 4.69) is 12.2 Å². The summed E-state index contributed by atoms with van der Waals surface area (Å²) in [5.74, 6) is 0.481. The van der Waals surface area contributed by atoms with Crippen molar-refractivity contribution in [3.05, 3.63) is 35.6 Å². The van der Waals surface area contributed by atoms with E-state index in [-0.39, 0.29) is 5.82 Å². The lowest BCUT2D eigenvalue weighted by molar-refractivity contribution is 0.627. The van der Waals surface area contributed by atoms with Crippen LogP contribution in [0.1, 0.15) is 5.56 Å². The van der Waals surface area contributed by atoms with Crippen molar-refractivity contribution in [1.29, 1.82) is 0 Å². The number of benzene rings is 1. The number of rotatable bonds is 2. The van der Waals surface area contributed by atoms with E-state index in [0.29, 0.717) is 10.1 Å². The Balaban J connectivity index is 2.53. The Bertz CT molecular complexity index is 271. The Morgan fingerprint density at radius 2 is 2.00 bits per heavy atom. The van der Waals surface area contributed by atoms with Crippen LogP contribution in [0.2, 0.25) is 0 Å². The van der Waals surface area contributed by atoms with Gasteiger partial charge in [0.1, 0.15) is 10.1 Å². The zero-order valence-corrected chi connectivity index (χ0v) is 7.92. The smallest absolute Gasteiger partial charge is 0.131 e. The van der Waals surface area contributed by atoms with Crippen LogP contribution in [0.3, 0.4) is 0 Å². The highest BCUT2D eigenvalue weighted by molar-refractivity contribution is 8.22. The zero-order valence-electron chi connectivity index (χ0n) is 6.29. The lowest BCUT2D eigenvalue weighted by atomic mass is 10.2. The maximum absolute atomic E-state index is 12.4. The molecule has 0 unspecified atom stereocenters. The largest absolute Gasteiger partial charge is 0.385 e. The van der Waals surface area contributed by atoms with Gasteiger partial charge in [-0.05, 0) is 17.7 Å². The van der Waals surface area contributed by atoms with Crippen molar-refractivity contribution in [2.24, 2.45) is 5.73 Å². The molecular weight excluding hydrogens is 193 g/mol. The van der Waals surface area contributed by atoms with Gasteiger partial charge in [0.15, 0.2) is 0 Å². The predicted molar refractivity (Wildman–Crippen MR) is 54.5 cm³/mol. The summed E-state index contributed by atoms with van der Waals surface area (Å²) in [4.78, 5) is 0. The van der Waals surface area contributed by atoms with E-state index in [1.165, 1.54) is 23.9 Å². The maximum Gasteiger partial charge on any atom is 0.131 e. The van der Waals surface area contributed by atoms with Crippen molar-refractivity contribution in [2.45, 2.75) is 5.75 Å². The van der Waals surface area contributed by atoms with Gasteiger partial charge in [-0.3, -0.25) is 0 Å². The van der Waals surface area contributed by atoms with Crippen LogP contribution in [-0.4, -0.2) is 4.32 Å². The Morgan fingerprint density at radius 3 is 2.50 bits per heavy atom. The van der Waals surface area contributed by atoms with E-state index < -0.39 is 0 Å². The van der Waals surface area contributed by atoms with E-state index in [0.717, 1.165) is 5.56 Å². The van der Waals surface area contributed by atoms with Gasteiger partial charge in [0.05, 0.1) is 0 Å². The van der Waals surface area contributed by atoms with E-state index >= 15 is 0 Å². The molecule has 0 aliphatic carbocycles. The van der Waals surface area contributed by atoms with Crippen LogP contribution < -0.4 is 5.73 Å². The van der Waals surface area contributed by atoms with Crippen LogP contribution in [0.5, 0.6) is 0 Å². The summed E-state index contributed by atoms with van der Waals surface area (Å²) >= 11 is 6.06. The van der Waals surface area contributed by atoms with Crippen molar-refractivity contribution in [3.63, 3.8) is 0 Å². The molecule has 0 heterocycles. The minimum absolute atomic E-state index is 0.223. The first kappa shape index (κ1) is 9.48. The van der Waals surface area contributed by atoms with Crippen LogP contribution in [-0.2, 0) is 5.75 Å². The van der Waals surface area contributed by atoms with Crippen molar-refractivity contribution >= 4 is 28.3 Å². The second-order valence-electron chi connectivity index (χ2n) is 2.23. The third-order valence-corrected chi connectivity index (χ3v) is 2.41. The average Bonchev–Trinajstić information content (AvgIpc) is 2.03. The van der Waals surface area contributed by atoms with Gasteiger partial charge in [-0.2, -0.15) is 0 Å². The first-order valence-corrected chi connectivity index (χ1v) is 4.74. The fourth-order valence-electron chi connectivity index (χ4n) is 0.735. The van der Waals surface area contributed by atoms with Crippen molar-refractivity contribution < 1.29 is 4.39 Å². The minimum atomic E-state index is -0.223. The van der Waals surface area contributed by atoms with Crippen LogP contribution >= 0.6 is 24.0 Å². The molecule has 0 aliphatic rings. The summed E-state index contributed by atoms with van der Waals surface area (Å²) in [7, 11) is 0. The summed E-state index contributed by atoms with van der Waals surface area (Å²) in [6.07, 6.45) is 0. The molecule has 4 heteroatoms. The highest BCUT2D eigenvalue weighted by atomic mass is 32.2. The van der Waals surface area contributed by atoms with Gasteiger partial charge in [-0.25, -0.2) is 4.39 Å². The highest BCUT2D eigenvalue weighted by Crippen LogP contribution is 2.12. The molecule has 0 aromatic heterocycles. The molecule has 2 N–H and O–H groups in total. The van der Waals surface area contributed by atoms with Gasteiger partial charge in [0.25, 0.3) is 0 Å². The third kappa shape index (κ3) is 3.19. The van der Waals surface area contributed by atoms with Gasteiger partial charge in [0, 0.05) is 5.75 Å². The van der Waals surface area contributed by atoms with E-state index in [9.17, 15) is 4.39 Å². The average molecular weight is 201 g/mol. The summed E-state index contributed by atoms with van der Waals surface area (Å²) in [6, 6.07) is 6.30. The molecule has 0 saturated carbocycles. The highest BCUT2D eigenvalue weighted by Gasteiger charge is 1.95. The molecule has 0 aliphatic heterocycles. The monoisotopic (exact) mass is 201 g/mol. The Morgan fingerprint density at radius 1 is 1.42 bits per heavy atom. The number of hydrogen-bond donors (Lipinski definition) is 1. The quantitative estimate of drug-likeness (QED) is 0.744. The number of hydrogen-bond acceptors (Lipinski definition) is 2. The lowest BCUT2D eigenvalue weighted by Gasteiger charge is -1.98. The van der Waals surface area contributed by atoms with E-state index in [1.54, 1.807) is 12.1 Å². The molecule has 0 bridgehead atoms. The second-order valence-corrected chi connectivity index (χ2v) is 3.95. The van der Waals surface area contributed by atoms with Crippen molar-refractivity contribution in [3.8, 4) is 0 Å². The van der Waals surface area contributed by atoms with Crippen LogP contribution in [0.4, 0.5) is 4.39 Å². The molecular formula is C8H8FNS2. The molecule has 1 aromatic rings. The summed E-state index contributed by atoms with van der Waals surface area (Å²) in [5.41, 5.74) is 6.31. The summed E-state index contributed by atoms with van der Waals surface area (Å²) in [6.45, 7) is 0. The Hall–Kier alpha value is -0.610. The molecule has 0 fully saturated rings. The zero-order chi connectivity index (χ0) is 8.97. The minimum Gasteiger partial charge on any atom is -0.385 e. The SMILES string of the molecule is NC(=S)SCc1ccc(F)cc1. The van der Waals surface area contributed by atoms with Gasteiger partial charge in [-0.15, -0.1) is 0 Å². The van der Waals surface area contributed by atoms with Gasteiger partial charge < -0.3 is 5.73 Å². The molecule has 0 amide bonds. The molecule has 1 aromatic carbocycles. The normalized spacial score (nSPS) is 9.75. The first-order chi connectivity index (χ1) is 5.68. The van der Waals surface area contributed by atoms with Crippen LogP contribution in [0, 0.1) is 5.82 Å². The van der Waals surface area contributed by atoms with Gasteiger partial charge >= 0.3 is 0 Å². The number of thioether (sulfide) groups is 1.